The van der Waals surface area contributed by atoms with Crippen LogP contribution in [0.1, 0.15) is 37.7 Å². The Morgan fingerprint density at radius 1 is 1.10 bits per heavy atom. The Hall–Kier alpha value is -1.98. The lowest BCUT2D eigenvalue weighted by molar-refractivity contribution is -0.137. The van der Waals surface area contributed by atoms with Crippen LogP contribution in [0.15, 0.2) is 18.2 Å². The molecule has 1 aromatic carbocycles. The van der Waals surface area contributed by atoms with E-state index in [1.165, 1.54) is 12.1 Å². The Bertz CT molecular complexity index is 492. The molecule has 2 N–H and O–H groups in total. The van der Waals surface area contributed by atoms with Crippen molar-refractivity contribution in [3.8, 4) is 0 Å². The van der Waals surface area contributed by atoms with Crippen LogP contribution in [0.5, 0.6) is 0 Å². The number of nitrogens with one attached hydrogen (secondary N) is 1. The van der Waals surface area contributed by atoms with Crippen LogP contribution >= 0.6 is 0 Å². The zero-order chi connectivity index (χ0) is 15.7. The van der Waals surface area contributed by atoms with Gasteiger partial charge in [0, 0.05) is 18.5 Å². The van der Waals surface area contributed by atoms with Crippen molar-refractivity contribution in [1.82, 2.24) is 5.32 Å². The fourth-order valence-electron chi connectivity index (χ4n) is 1.90. The van der Waals surface area contributed by atoms with Crippen molar-refractivity contribution in [2.24, 2.45) is 0 Å². The van der Waals surface area contributed by atoms with Crippen LogP contribution in [-0.4, -0.2) is 23.5 Å². The minimum atomic E-state index is -0.985. The number of unbranched alkanes of at least 4 members (excludes halogenated alkanes) is 3. The highest BCUT2D eigenvalue weighted by atomic mass is 19.2. The second kappa shape index (κ2) is 9.05. The second-order valence-electron chi connectivity index (χ2n) is 4.80. The van der Waals surface area contributed by atoms with Crippen molar-refractivity contribution < 1.29 is 23.5 Å². The molecule has 1 aromatic rings. The molecule has 0 fully saturated rings. The van der Waals surface area contributed by atoms with Crippen LogP contribution in [-0.2, 0) is 16.0 Å². The first-order valence-corrected chi connectivity index (χ1v) is 6.92. The molecule has 21 heavy (non-hydrogen) atoms. The van der Waals surface area contributed by atoms with Gasteiger partial charge in [0.2, 0.25) is 5.91 Å². The van der Waals surface area contributed by atoms with E-state index in [1.807, 2.05) is 0 Å². The Morgan fingerprint density at radius 3 is 2.52 bits per heavy atom. The van der Waals surface area contributed by atoms with Crippen molar-refractivity contribution in [3.63, 3.8) is 0 Å². The second-order valence-corrected chi connectivity index (χ2v) is 4.80. The van der Waals surface area contributed by atoms with Gasteiger partial charge in [-0.05, 0) is 18.9 Å². The Kier molecular flexibility index (Phi) is 7.36. The minimum Gasteiger partial charge on any atom is -0.481 e. The van der Waals surface area contributed by atoms with E-state index in [2.05, 4.69) is 5.32 Å². The Labute approximate surface area is 122 Å². The average molecular weight is 299 g/mol. The van der Waals surface area contributed by atoms with Crippen molar-refractivity contribution in [2.75, 3.05) is 6.54 Å². The largest absolute Gasteiger partial charge is 0.481 e. The highest BCUT2D eigenvalue weighted by Gasteiger charge is 2.11. The summed E-state index contributed by atoms with van der Waals surface area (Å²) in [4.78, 5) is 21.9. The topological polar surface area (TPSA) is 66.4 Å². The number of carboxylic acid groups (broad SMARTS) is 1. The van der Waals surface area contributed by atoms with Gasteiger partial charge in [-0.15, -0.1) is 0 Å². The molecule has 0 aliphatic rings. The molecule has 0 atom stereocenters. The van der Waals surface area contributed by atoms with Gasteiger partial charge in [-0.3, -0.25) is 9.59 Å². The quantitative estimate of drug-likeness (QED) is 0.689. The third-order valence-electron chi connectivity index (χ3n) is 3.02. The summed E-state index contributed by atoms with van der Waals surface area (Å²) in [6.07, 6.45) is 2.94. The third kappa shape index (κ3) is 6.83. The lowest BCUT2D eigenvalue weighted by Gasteiger charge is -2.06. The molecule has 1 rings (SSSR count). The van der Waals surface area contributed by atoms with Gasteiger partial charge in [0.15, 0.2) is 11.6 Å². The third-order valence-corrected chi connectivity index (χ3v) is 3.02. The van der Waals surface area contributed by atoms with Gasteiger partial charge in [0.1, 0.15) is 0 Å². The maximum Gasteiger partial charge on any atom is 0.303 e. The summed E-state index contributed by atoms with van der Waals surface area (Å²) < 4.78 is 26.3. The lowest BCUT2D eigenvalue weighted by Crippen LogP contribution is -2.26. The maximum atomic E-state index is 13.4. The predicted molar refractivity (Wildman–Crippen MR) is 73.8 cm³/mol. The summed E-state index contributed by atoms with van der Waals surface area (Å²) in [5, 5.41) is 11.1. The average Bonchev–Trinajstić information content (AvgIpc) is 2.42. The van der Waals surface area contributed by atoms with Crippen LogP contribution in [0, 0.1) is 11.6 Å². The van der Waals surface area contributed by atoms with Crippen molar-refractivity contribution >= 4 is 11.9 Å². The van der Waals surface area contributed by atoms with E-state index >= 15 is 0 Å². The number of rotatable bonds is 9. The van der Waals surface area contributed by atoms with Gasteiger partial charge in [-0.1, -0.05) is 25.0 Å². The fourth-order valence-corrected chi connectivity index (χ4v) is 1.90. The van der Waals surface area contributed by atoms with Crippen molar-refractivity contribution in [2.45, 2.75) is 38.5 Å². The molecule has 0 unspecified atom stereocenters. The lowest BCUT2D eigenvalue weighted by atomic mass is 10.1. The highest BCUT2D eigenvalue weighted by Crippen LogP contribution is 2.11. The molecule has 0 aromatic heterocycles. The van der Waals surface area contributed by atoms with E-state index in [0.29, 0.717) is 13.0 Å². The van der Waals surface area contributed by atoms with E-state index in [1.54, 1.807) is 0 Å². The Balaban J connectivity index is 2.17. The fraction of sp³-hybridized carbons (Fsp3) is 0.467. The summed E-state index contributed by atoms with van der Waals surface area (Å²) in [6.45, 7) is 0.447. The number of carbonyl (C=O) groups is 2. The maximum absolute atomic E-state index is 13.4. The molecular formula is C15H19F2NO3. The minimum absolute atomic E-state index is 0.0361. The molecule has 0 heterocycles. The van der Waals surface area contributed by atoms with Gasteiger partial charge in [0.05, 0.1) is 6.42 Å². The van der Waals surface area contributed by atoms with Gasteiger partial charge >= 0.3 is 5.97 Å². The van der Waals surface area contributed by atoms with Crippen molar-refractivity contribution in [3.05, 3.63) is 35.4 Å². The van der Waals surface area contributed by atoms with Crippen LogP contribution in [0.3, 0.4) is 0 Å². The van der Waals surface area contributed by atoms with E-state index < -0.39 is 17.6 Å². The number of carboxylic acids is 1. The number of aliphatic carboxylic acids is 1. The first kappa shape index (κ1) is 17.1. The van der Waals surface area contributed by atoms with E-state index in [4.69, 9.17) is 5.11 Å². The molecule has 4 nitrogen and oxygen atoms in total. The summed E-state index contributed by atoms with van der Waals surface area (Å²) in [5.41, 5.74) is 0.0361. The number of hydrogen-bond donors (Lipinski definition) is 2. The molecule has 0 saturated heterocycles. The predicted octanol–water partition coefficient (Wildman–Crippen LogP) is 2.66. The number of halogens is 2. The monoisotopic (exact) mass is 299 g/mol. The normalized spacial score (nSPS) is 10.4. The zero-order valence-electron chi connectivity index (χ0n) is 11.7. The van der Waals surface area contributed by atoms with Crippen molar-refractivity contribution in [1.29, 1.82) is 0 Å². The van der Waals surface area contributed by atoms with Crippen LogP contribution in [0.25, 0.3) is 0 Å². The van der Waals surface area contributed by atoms with Gasteiger partial charge in [-0.25, -0.2) is 8.78 Å². The molecule has 0 aliphatic heterocycles. The molecule has 116 valence electrons. The van der Waals surface area contributed by atoms with E-state index in [0.717, 1.165) is 25.3 Å². The van der Waals surface area contributed by atoms with Gasteiger partial charge in [-0.2, -0.15) is 0 Å². The van der Waals surface area contributed by atoms with E-state index in [9.17, 15) is 18.4 Å². The van der Waals surface area contributed by atoms with Gasteiger partial charge in [0.25, 0.3) is 0 Å². The molecule has 0 spiro atoms. The number of amides is 1. The molecule has 0 radical (unpaired) electrons. The Morgan fingerprint density at radius 2 is 1.81 bits per heavy atom. The molecular weight excluding hydrogens is 280 g/mol. The summed E-state index contributed by atoms with van der Waals surface area (Å²) >= 11 is 0. The van der Waals surface area contributed by atoms with Gasteiger partial charge < -0.3 is 10.4 Å². The number of carbonyl (C=O) groups excluding carboxylic acids is 1. The summed E-state index contributed by atoms with van der Waals surface area (Å²) in [7, 11) is 0. The van der Waals surface area contributed by atoms with Crippen LogP contribution in [0.4, 0.5) is 8.78 Å². The van der Waals surface area contributed by atoms with E-state index in [-0.39, 0.29) is 24.3 Å². The smallest absolute Gasteiger partial charge is 0.303 e. The first-order valence-electron chi connectivity index (χ1n) is 6.92. The molecule has 0 saturated carbocycles. The molecule has 0 aliphatic carbocycles. The van der Waals surface area contributed by atoms with Crippen LogP contribution < -0.4 is 5.32 Å². The molecule has 0 bridgehead atoms. The first-order chi connectivity index (χ1) is 10.0. The number of benzene rings is 1. The summed E-state index contributed by atoms with van der Waals surface area (Å²) in [6, 6.07) is 3.75. The highest BCUT2D eigenvalue weighted by molar-refractivity contribution is 5.78. The SMILES string of the molecule is O=C(O)CCCCCCNC(=O)Cc1cccc(F)c1F. The number of hydrogen-bond acceptors (Lipinski definition) is 2. The molecule has 6 heteroatoms. The zero-order valence-corrected chi connectivity index (χ0v) is 11.7. The summed E-state index contributed by atoms with van der Waals surface area (Å²) in [5.74, 6) is -3.11. The van der Waals surface area contributed by atoms with Crippen LogP contribution in [0.2, 0.25) is 0 Å². The standard InChI is InChI=1S/C15H19F2NO3/c16-12-7-5-6-11(15(12)17)10-13(19)18-9-4-2-1-3-8-14(20)21/h5-7H,1-4,8-10H2,(H,18,19)(H,20,21). The molecule has 1 amide bonds.